The first kappa shape index (κ1) is 9.73. The Morgan fingerprint density at radius 2 is 2.20 bits per heavy atom. The predicted octanol–water partition coefficient (Wildman–Crippen LogP) is 1.78. The van der Waals surface area contributed by atoms with Crippen molar-refractivity contribution in [1.82, 2.24) is 0 Å². The van der Waals surface area contributed by atoms with Gasteiger partial charge in [-0.1, -0.05) is 6.92 Å². The van der Waals surface area contributed by atoms with Gasteiger partial charge in [0.1, 0.15) is 0 Å². The minimum absolute atomic E-state index is 0.260. The first-order valence-corrected chi connectivity index (χ1v) is 5.14. The first-order chi connectivity index (χ1) is 4.62. The van der Waals surface area contributed by atoms with E-state index in [4.69, 9.17) is 9.63 Å². The van der Waals surface area contributed by atoms with Crippen molar-refractivity contribution in [2.45, 2.75) is 13.8 Å². The molecule has 0 rings (SSSR count). The van der Waals surface area contributed by atoms with E-state index in [1.807, 2.05) is 6.92 Å². The van der Waals surface area contributed by atoms with Crippen LogP contribution in [0.1, 0.15) is 13.8 Å². The van der Waals surface area contributed by atoms with E-state index in [0.29, 0.717) is 6.61 Å². The molecule has 0 amide bonds. The Labute approximate surface area is 61.2 Å². The van der Waals surface area contributed by atoms with Crippen molar-refractivity contribution in [2.75, 3.05) is 12.8 Å². The lowest BCUT2D eigenvalue weighted by Gasteiger charge is -2.00. The highest BCUT2D eigenvalue weighted by Crippen LogP contribution is 2.41. The fourth-order valence-corrected chi connectivity index (χ4v) is 0.827. The van der Waals surface area contributed by atoms with Crippen LogP contribution in [0.2, 0.25) is 0 Å². The molecule has 0 radical (unpaired) electrons. The Morgan fingerprint density at radius 3 is 2.60 bits per heavy atom. The van der Waals surface area contributed by atoms with E-state index < -0.39 is 7.37 Å². The van der Waals surface area contributed by atoms with Crippen LogP contribution < -0.4 is 0 Å². The Hall–Kier alpha value is -0.270. The quantitative estimate of drug-likeness (QED) is 0.509. The largest absolute Gasteiger partial charge is 0.501 e. The van der Waals surface area contributed by atoms with E-state index in [-0.39, 0.29) is 6.16 Å². The number of hydrogen-bond acceptors (Lipinski definition) is 2. The lowest BCUT2D eigenvalue weighted by atomic mass is 10.9. The fraction of sp³-hybridized carbons (Fsp3) is 0.667. The molecule has 0 fully saturated rings. The molecule has 0 aliphatic heterocycles. The molecule has 0 spiro atoms. The molecule has 0 bridgehead atoms. The van der Waals surface area contributed by atoms with Crippen molar-refractivity contribution in [2.24, 2.45) is 0 Å². The van der Waals surface area contributed by atoms with E-state index >= 15 is 0 Å². The van der Waals surface area contributed by atoms with E-state index in [9.17, 15) is 4.57 Å². The van der Waals surface area contributed by atoms with Gasteiger partial charge in [-0.3, -0.25) is 4.57 Å². The third-order valence-corrected chi connectivity index (χ3v) is 2.50. The van der Waals surface area contributed by atoms with Crippen LogP contribution in [-0.4, -0.2) is 17.7 Å². The van der Waals surface area contributed by atoms with Crippen molar-refractivity contribution in [3.63, 3.8) is 0 Å². The maximum atomic E-state index is 10.8. The fourth-order valence-electron chi connectivity index (χ4n) is 0.340. The smallest absolute Gasteiger partial charge is 0.225 e. The summed E-state index contributed by atoms with van der Waals surface area (Å²) >= 11 is 0. The Morgan fingerprint density at radius 1 is 1.60 bits per heavy atom. The summed E-state index contributed by atoms with van der Waals surface area (Å²) in [6.45, 7) is 4.01. The molecular weight excluding hydrogens is 151 g/mol. The van der Waals surface area contributed by atoms with E-state index in [1.165, 1.54) is 12.1 Å². The minimum Gasteiger partial charge on any atom is -0.501 e. The summed E-state index contributed by atoms with van der Waals surface area (Å²) in [6.07, 6.45) is 1.54. The second-order valence-electron chi connectivity index (χ2n) is 1.81. The summed E-state index contributed by atoms with van der Waals surface area (Å²) in [5.74, 6) is 1.22. The van der Waals surface area contributed by atoms with Gasteiger partial charge in [-0.15, -0.1) is 0 Å². The van der Waals surface area contributed by atoms with E-state index in [0.717, 1.165) is 0 Å². The molecule has 60 valence electrons. The van der Waals surface area contributed by atoms with Crippen LogP contribution in [0.4, 0.5) is 0 Å². The van der Waals surface area contributed by atoms with Crippen molar-refractivity contribution in [3.8, 4) is 0 Å². The van der Waals surface area contributed by atoms with Gasteiger partial charge in [0, 0.05) is 12.0 Å². The van der Waals surface area contributed by atoms with Gasteiger partial charge in [0.05, 0.1) is 12.9 Å². The van der Waals surface area contributed by atoms with Crippen molar-refractivity contribution in [1.29, 1.82) is 0 Å². The van der Waals surface area contributed by atoms with Gasteiger partial charge in [0.15, 0.2) is 0 Å². The molecule has 0 aromatic carbocycles. The van der Waals surface area contributed by atoms with Gasteiger partial charge in [-0.2, -0.15) is 0 Å². The predicted molar refractivity (Wildman–Crippen MR) is 41.1 cm³/mol. The molecule has 0 aromatic rings. The Kier molecular flexibility index (Phi) is 4.41. The van der Waals surface area contributed by atoms with Crippen LogP contribution in [0.25, 0.3) is 0 Å². The van der Waals surface area contributed by atoms with Crippen molar-refractivity contribution >= 4 is 7.37 Å². The van der Waals surface area contributed by atoms with Gasteiger partial charge in [0.25, 0.3) is 0 Å². The summed E-state index contributed by atoms with van der Waals surface area (Å²) in [5.41, 5.74) is 0. The van der Waals surface area contributed by atoms with Gasteiger partial charge < -0.3 is 9.63 Å². The number of rotatable bonds is 4. The number of hydrogen-bond donors (Lipinski definition) is 1. The lowest BCUT2D eigenvalue weighted by Crippen LogP contribution is -1.80. The highest BCUT2D eigenvalue weighted by atomic mass is 31.2. The summed E-state index contributed by atoms with van der Waals surface area (Å²) in [6, 6.07) is 0. The zero-order valence-electron chi connectivity index (χ0n) is 6.28. The van der Waals surface area contributed by atoms with Gasteiger partial charge in [-0.05, 0) is 6.92 Å². The maximum absolute atomic E-state index is 10.8. The molecule has 0 aliphatic rings. The highest BCUT2D eigenvalue weighted by molar-refractivity contribution is 7.61. The second kappa shape index (κ2) is 4.53. The molecule has 3 nitrogen and oxygen atoms in total. The van der Waals surface area contributed by atoms with Crippen LogP contribution in [-0.2, 0) is 9.30 Å². The molecule has 0 heterocycles. The van der Waals surface area contributed by atoms with Gasteiger partial charge in [0.2, 0.25) is 7.37 Å². The van der Waals surface area contributed by atoms with E-state index in [2.05, 4.69) is 0 Å². The normalized spacial score (nSPS) is 17.1. The van der Waals surface area contributed by atoms with Crippen LogP contribution in [0.15, 0.2) is 12.1 Å². The molecule has 1 unspecified atom stereocenters. The monoisotopic (exact) mass is 164 g/mol. The standard InChI is InChI=1S/C6H13O3P/c1-3-9-5-6-10(7,8)4-2/h5-6H,3-4H2,1-2H3,(H,7,8). The summed E-state index contributed by atoms with van der Waals surface area (Å²) < 4.78 is 15.6. The van der Waals surface area contributed by atoms with Gasteiger partial charge >= 0.3 is 0 Å². The van der Waals surface area contributed by atoms with Crippen LogP contribution in [0.5, 0.6) is 0 Å². The number of ether oxygens (including phenoxy) is 1. The molecule has 0 saturated heterocycles. The first-order valence-electron chi connectivity index (χ1n) is 3.23. The van der Waals surface area contributed by atoms with Crippen LogP contribution in [0, 0.1) is 0 Å². The summed E-state index contributed by atoms with van der Waals surface area (Å²) in [7, 11) is -3.01. The third kappa shape index (κ3) is 4.59. The second-order valence-corrected chi connectivity index (χ2v) is 4.25. The molecule has 10 heavy (non-hydrogen) atoms. The average molecular weight is 164 g/mol. The minimum atomic E-state index is -3.01. The SMILES string of the molecule is CCOC=CP(=O)(O)CC. The summed E-state index contributed by atoms with van der Waals surface area (Å²) in [4.78, 5) is 8.94. The zero-order chi connectivity index (χ0) is 8.04. The van der Waals surface area contributed by atoms with Crippen LogP contribution >= 0.6 is 7.37 Å². The average Bonchev–Trinajstić information content (AvgIpc) is 1.89. The zero-order valence-corrected chi connectivity index (χ0v) is 7.17. The molecule has 1 N–H and O–H groups in total. The molecule has 0 aromatic heterocycles. The molecule has 0 saturated carbocycles. The topological polar surface area (TPSA) is 46.5 Å². The molecule has 1 atom stereocenters. The van der Waals surface area contributed by atoms with E-state index in [1.54, 1.807) is 6.92 Å². The van der Waals surface area contributed by atoms with Crippen molar-refractivity contribution in [3.05, 3.63) is 12.1 Å². The third-order valence-electron chi connectivity index (χ3n) is 1.01. The lowest BCUT2D eigenvalue weighted by molar-refractivity contribution is 0.269. The molecular formula is C6H13O3P. The Balaban J connectivity index is 3.75. The summed E-state index contributed by atoms with van der Waals surface area (Å²) in [5, 5.41) is 0. The maximum Gasteiger partial charge on any atom is 0.225 e. The van der Waals surface area contributed by atoms with Crippen LogP contribution in [0.3, 0.4) is 0 Å². The highest BCUT2D eigenvalue weighted by Gasteiger charge is 2.08. The van der Waals surface area contributed by atoms with Crippen molar-refractivity contribution < 1.29 is 14.2 Å². The van der Waals surface area contributed by atoms with Gasteiger partial charge in [-0.25, -0.2) is 0 Å². The molecule has 4 heteroatoms. The molecule has 0 aliphatic carbocycles. The Bertz CT molecular complexity index is 153.